The van der Waals surface area contributed by atoms with Crippen molar-refractivity contribution in [1.82, 2.24) is 19.6 Å². The Morgan fingerprint density at radius 2 is 2.17 bits per heavy atom. The van der Waals surface area contributed by atoms with E-state index in [-0.39, 0.29) is 5.56 Å². The molecule has 86 valence electrons. The third-order valence-corrected chi connectivity index (χ3v) is 2.55. The smallest absolute Gasteiger partial charge is 0.248 e. The summed E-state index contributed by atoms with van der Waals surface area (Å²) in [6.07, 6.45) is 1.70. The van der Waals surface area contributed by atoms with Crippen LogP contribution in [0, 0.1) is 11.3 Å². The minimum Gasteiger partial charge on any atom is -0.319 e. The van der Waals surface area contributed by atoms with E-state index in [2.05, 4.69) is 15.2 Å². The molecule has 0 unspecified atom stereocenters. The van der Waals surface area contributed by atoms with Crippen molar-refractivity contribution in [2.75, 3.05) is 0 Å². The Morgan fingerprint density at radius 3 is 2.94 bits per heavy atom. The maximum atomic E-state index is 11.3. The van der Waals surface area contributed by atoms with Gasteiger partial charge in [0.2, 0.25) is 5.56 Å². The van der Waals surface area contributed by atoms with E-state index in [4.69, 9.17) is 5.26 Å². The molecule has 0 aliphatic heterocycles. The zero-order valence-electron chi connectivity index (χ0n) is 9.16. The SMILES string of the molecule is N#Cc1ccn2c(-c3cccc(=O)[nH]3)nnc2c1. The number of hydrogen-bond donors (Lipinski definition) is 1. The third-order valence-electron chi connectivity index (χ3n) is 2.55. The van der Waals surface area contributed by atoms with E-state index in [1.165, 1.54) is 6.07 Å². The second-order valence-electron chi connectivity index (χ2n) is 3.71. The number of pyridine rings is 2. The summed E-state index contributed by atoms with van der Waals surface area (Å²) < 4.78 is 1.71. The predicted octanol–water partition coefficient (Wildman–Crippen LogP) is 0.956. The normalized spacial score (nSPS) is 10.4. The fourth-order valence-corrected chi connectivity index (χ4v) is 1.72. The van der Waals surface area contributed by atoms with E-state index in [9.17, 15) is 4.79 Å². The summed E-state index contributed by atoms with van der Waals surface area (Å²) in [4.78, 5) is 14.0. The molecular formula is C12H7N5O. The van der Waals surface area contributed by atoms with Crippen molar-refractivity contribution in [3.05, 3.63) is 52.4 Å². The standard InChI is InChI=1S/C12H7N5O/c13-7-8-4-5-17-10(6-8)15-16-12(17)9-2-1-3-11(18)14-9/h1-6H,(H,14,18). The molecule has 3 rings (SSSR count). The van der Waals surface area contributed by atoms with Crippen LogP contribution in [-0.2, 0) is 0 Å². The van der Waals surface area contributed by atoms with Crippen LogP contribution in [0.5, 0.6) is 0 Å². The number of nitrogens with one attached hydrogen (secondary N) is 1. The molecule has 0 spiro atoms. The summed E-state index contributed by atoms with van der Waals surface area (Å²) in [7, 11) is 0. The maximum Gasteiger partial charge on any atom is 0.248 e. The van der Waals surface area contributed by atoms with Crippen LogP contribution in [0.15, 0.2) is 41.3 Å². The molecule has 1 N–H and O–H groups in total. The monoisotopic (exact) mass is 237 g/mol. The topological polar surface area (TPSA) is 86.8 Å². The zero-order chi connectivity index (χ0) is 12.5. The lowest BCUT2D eigenvalue weighted by molar-refractivity contribution is 1.08. The summed E-state index contributed by atoms with van der Waals surface area (Å²) >= 11 is 0. The number of aromatic nitrogens is 4. The van der Waals surface area contributed by atoms with Crippen LogP contribution < -0.4 is 5.56 Å². The van der Waals surface area contributed by atoms with Crippen LogP contribution in [0.4, 0.5) is 0 Å². The Labute approximate surface area is 101 Å². The minimum absolute atomic E-state index is 0.196. The number of rotatable bonds is 1. The first kappa shape index (κ1) is 10.2. The molecule has 0 aliphatic carbocycles. The van der Waals surface area contributed by atoms with Gasteiger partial charge in [-0.15, -0.1) is 10.2 Å². The Balaban J connectivity index is 2.25. The number of aromatic amines is 1. The molecule has 3 heterocycles. The molecule has 0 radical (unpaired) electrons. The molecule has 0 aliphatic rings. The molecule has 3 aromatic heterocycles. The molecule has 18 heavy (non-hydrogen) atoms. The van der Waals surface area contributed by atoms with Crippen molar-refractivity contribution in [3.8, 4) is 17.6 Å². The number of nitrogens with zero attached hydrogens (tertiary/aromatic N) is 4. The van der Waals surface area contributed by atoms with Crippen LogP contribution in [0.25, 0.3) is 17.2 Å². The van der Waals surface area contributed by atoms with E-state index >= 15 is 0 Å². The van der Waals surface area contributed by atoms with E-state index in [0.717, 1.165) is 0 Å². The Morgan fingerprint density at radius 1 is 1.28 bits per heavy atom. The largest absolute Gasteiger partial charge is 0.319 e. The average Bonchev–Trinajstić information content (AvgIpc) is 2.81. The van der Waals surface area contributed by atoms with Gasteiger partial charge in [-0.2, -0.15) is 5.26 Å². The molecule has 6 heteroatoms. The fourth-order valence-electron chi connectivity index (χ4n) is 1.72. The van der Waals surface area contributed by atoms with Gasteiger partial charge in [0.25, 0.3) is 0 Å². The molecular weight excluding hydrogens is 230 g/mol. The third kappa shape index (κ3) is 1.55. The van der Waals surface area contributed by atoms with Gasteiger partial charge in [0, 0.05) is 18.3 Å². The number of fused-ring (bicyclic) bond motifs is 1. The van der Waals surface area contributed by atoms with Gasteiger partial charge in [-0.25, -0.2) is 0 Å². The summed E-state index contributed by atoms with van der Waals surface area (Å²) in [6.45, 7) is 0. The van der Waals surface area contributed by atoms with Gasteiger partial charge in [-0.3, -0.25) is 9.20 Å². The number of H-pyrrole nitrogens is 1. The van der Waals surface area contributed by atoms with Gasteiger partial charge in [0.05, 0.1) is 17.3 Å². The summed E-state index contributed by atoms with van der Waals surface area (Å²) in [5.41, 5.74) is 1.47. The van der Waals surface area contributed by atoms with Crippen molar-refractivity contribution < 1.29 is 0 Å². The van der Waals surface area contributed by atoms with Crippen LogP contribution in [0.3, 0.4) is 0 Å². The van der Waals surface area contributed by atoms with Gasteiger partial charge in [-0.05, 0) is 12.1 Å². The van der Waals surface area contributed by atoms with Crippen LogP contribution in [-0.4, -0.2) is 19.6 Å². The predicted molar refractivity (Wildman–Crippen MR) is 63.8 cm³/mol. The van der Waals surface area contributed by atoms with Crippen molar-refractivity contribution >= 4 is 5.65 Å². The van der Waals surface area contributed by atoms with E-state index in [1.54, 1.807) is 34.9 Å². The Hall–Kier alpha value is -2.94. The average molecular weight is 237 g/mol. The zero-order valence-corrected chi connectivity index (χ0v) is 9.16. The Bertz CT molecular complexity index is 824. The van der Waals surface area contributed by atoms with E-state index < -0.39 is 0 Å². The second-order valence-corrected chi connectivity index (χ2v) is 3.71. The first-order valence-corrected chi connectivity index (χ1v) is 5.22. The first-order chi connectivity index (χ1) is 8.78. The molecule has 3 aromatic rings. The highest BCUT2D eigenvalue weighted by molar-refractivity contribution is 5.56. The lowest BCUT2D eigenvalue weighted by Gasteiger charge is -1.99. The molecule has 0 amide bonds. The van der Waals surface area contributed by atoms with Gasteiger partial charge in [0.15, 0.2) is 11.5 Å². The molecule has 0 aromatic carbocycles. The highest BCUT2D eigenvalue weighted by Crippen LogP contribution is 2.15. The fraction of sp³-hybridized carbons (Fsp3) is 0. The maximum absolute atomic E-state index is 11.3. The van der Waals surface area contributed by atoms with Crippen LogP contribution in [0.2, 0.25) is 0 Å². The molecule has 0 bridgehead atoms. The summed E-state index contributed by atoms with van der Waals surface area (Å²) in [5.74, 6) is 0.534. The lowest BCUT2D eigenvalue weighted by atomic mass is 10.3. The molecule has 0 saturated heterocycles. The first-order valence-electron chi connectivity index (χ1n) is 5.22. The van der Waals surface area contributed by atoms with Crippen LogP contribution >= 0.6 is 0 Å². The van der Waals surface area contributed by atoms with Gasteiger partial charge < -0.3 is 4.98 Å². The van der Waals surface area contributed by atoms with Crippen LogP contribution in [0.1, 0.15) is 5.56 Å². The van der Waals surface area contributed by atoms with Crippen molar-refractivity contribution in [3.63, 3.8) is 0 Å². The second kappa shape index (κ2) is 3.82. The Kier molecular flexibility index (Phi) is 2.17. The number of nitriles is 1. The van der Waals surface area contributed by atoms with E-state index in [0.29, 0.717) is 22.7 Å². The summed E-state index contributed by atoms with van der Waals surface area (Å²) in [6, 6.07) is 10.2. The van der Waals surface area contributed by atoms with Gasteiger partial charge in [-0.1, -0.05) is 6.07 Å². The van der Waals surface area contributed by atoms with Crippen molar-refractivity contribution in [1.29, 1.82) is 5.26 Å². The van der Waals surface area contributed by atoms with Gasteiger partial charge >= 0.3 is 0 Å². The quantitative estimate of drug-likeness (QED) is 0.682. The minimum atomic E-state index is -0.196. The highest BCUT2D eigenvalue weighted by atomic mass is 16.1. The highest BCUT2D eigenvalue weighted by Gasteiger charge is 2.08. The van der Waals surface area contributed by atoms with Gasteiger partial charge in [0.1, 0.15) is 0 Å². The number of hydrogen-bond acceptors (Lipinski definition) is 4. The molecule has 6 nitrogen and oxygen atoms in total. The van der Waals surface area contributed by atoms with E-state index in [1.807, 2.05) is 6.07 Å². The molecule has 0 atom stereocenters. The molecule has 0 fully saturated rings. The molecule has 0 saturated carbocycles. The van der Waals surface area contributed by atoms with Crippen molar-refractivity contribution in [2.45, 2.75) is 0 Å². The summed E-state index contributed by atoms with van der Waals surface area (Å²) in [5, 5.41) is 16.8. The van der Waals surface area contributed by atoms with Crippen molar-refractivity contribution in [2.24, 2.45) is 0 Å². The lowest BCUT2D eigenvalue weighted by Crippen LogP contribution is -2.05.